The van der Waals surface area contributed by atoms with Crippen molar-refractivity contribution >= 4 is 11.6 Å². The van der Waals surface area contributed by atoms with Crippen LogP contribution in [0.2, 0.25) is 5.02 Å². The Morgan fingerprint density at radius 1 is 1.27 bits per heavy atom. The number of aliphatic hydroxyl groups excluding tert-OH is 1. The van der Waals surface area contributed by atoms with Crippen molar-refractivity contribution in [2.75, 3.05) is 32.8 Å². The first-order valence-electron chi connectivity index (χ1n) is 6.96. The zero-order chi connectivity index (χ0) is 16.3. The Balaban J connectivity index is 2.43. The minimum atomic E-state index is -4.60. The van der Waals surface area contributed by atoms with E-state index in [0.717, 1.165) is 6.07 Å². The van der Waals surface area contributed by atoms with E-state index in [-0.39, 0.29) is 18.6 Å². The molecule has 3 nitrogen and oxygen atoms in total. The molecule has 124 valence electrons. The third kappa shape index (κ3) is 3.90. The second-order valence-electron chi connectivity index (χ2n) is 5.17. The molecule has 1 aromatic rings. The number of alkyl halides is 3. The molecule has 0 unspecified atom stereocenters. The first kappa shape index (κ1) is 17.5. The fourth-order valence-corrected chi connectivity index (χ4v) is 2.89. The van der Waals surface area contributed by atoms with Gasteiger partial charge in [0, 0.05) is 44.4 Å². The van der Waals surface area contributed by atoms with E-state index in [0.29, 0.717) is 32.2 Å². The Bertz CT molecular complexity index is 518. The van der Waals surface area contributed by atoms with Gasteiger partial charge in [-0.25, -0.2) is 4.39 Å². The van der Waals surface area contributed by atoms with E-state index in [1.807, 2.05) is 4.90 Å². The van der Waals surface area contributed by atoms with Gasteiger partial charge in [0.05, 0.1) is 10.6 Å². The second-order valence-corrected chi connectivity index (χ2v) is 5.58. The Morgan fingerprint density at radius 3 is 2.45 bits per heavy atom. The summed E-state index contributed by atoms with van der Waals surface area (Å²) in [6.07, 6.45) is -4.45. The SMILES string of the molecule is OCC[C@H](c1cc(C(F)(F)F)cc(Cl)c1F)N1CCNCC1. The molecule has 1 atom stereocenters. The lowest BCUT2D eigenvalue weighted by molar-refractivity contribution is -0.137. The number of nitrogens with one attached hydrogen (secondary N) is 1. The number of rotatable bonds is 4. The molecule has 0 aliphatic carbocycles. The lowest BCUT2D eigenvalue weighted by atomic mass is 9.98. The second kappa shape index (κ2) is 7.12. The Kier molecular flexibility index (Phi) is 5.65. The molecule has 0 radical (unpaired) electrons. The van der Waals surface area contributed by atoms with Crippen LogP contribution in [0.4, 0.5) is 17.6 Å². The maximum Gasteiger partial charge on any atom is 0.416 e. The highest BCUT2D eigenvalue weighted by Crippen LogP contribution is 2.37. The molecule has 1 aliphatic rings. The van der Waals surface area contributed by atoms with Gasteiger partial charge in [0.15, 0.2) is 0 Å². The van der Waals surface area contributed by atoms with Gasteiger partial charge in [-0.2, -0.15) is 13.2 Å². The van der Waals surface area contributed by atoms with Crippen LogP contribution in [-0.4, -0.2) is 42.8 Å². The molecule has 0 saturated carbocycles. The van der Waals surface area contributed by atoms with E-state index in [1.165, 1.54) is 0 Å². The van der Waals surface area contributed by atoms with E-state index in [1.54, 1.807) is 0 Å². The zero-order valence-electron chi connectivity index (χ0n) is 11.8. The summed E-state index contributed by atoms with van der Waals surface area (Å²) in [6.45, 7) is 2.21. The third-order valence-corrected chi connectivity index (χ3v) is 4.01. The highest BCUT2D eigenvalue weighted by molar-refractivity contribution is 6.30. The van der Waals surface area contributed by atoms with Crippen LogP contribution in [-0.2, 0) is 6.18 Å². The van der Waals surface area contributed by atoms with E-state index >= 15 is 0 Å². The van der Waals surface area contributed by atoms with Crippen LogP contribution >= 0.6 is 11.6 Å². The lowest BCUT2D eigenvalue weighted by Crippen LogP contribution is -2.45. The van der Waals surface area contributed by atoms with E-state index in [9.17, 15) is 22.7 Å². The first-order valence-corrected chi connectivity index (χ1v) is 7.34. The van der Waals surface area contributed by atoms with Crippen molar-refractivity contribution in [3.8, 4) is 0 Å². The van der Waals surface area contributed by atoms with Gasteiger partial charge in [-0.05, 0) is 18.6 Å². The van der Waals surface area contributed by atoms with Crippen molar-refractivity contribution in [2.45, 2.75) is 18.6 Å². The van der Waals surface area contributed by atoms with Crippen LogP contribution in [0.1, 0.15) is 23.6 Å². The molecular weight excluding hydrogens is 324 g/mol. The van der Waals surface area contributed by atoms with Crippen LogP contribution in [0, 0.1) is 5.82 Å². The van der Waals surface area contributed by atoms with Crippen LogP contribution < -0.4 is 5.32 Å². The average molecular weight is 341 g/mol. The number of halogens is 5. The monoisotopic (exact) mass is 340 g/mol. The van der Waals surface area contributed by atoms with Gasteiger partial charge in [0.25, 0.3) is 0 Å². The maximum atomic E-state index is 14.3. The molecule has 2 rings (SSSR count). The largest absolute Gasteiger partial charge is 0.416 e. The number of piperazine rings is 1. The van der Waals surface area contributed by atoms with Gasteiger partial charge in [-0.1, -0.05) is 11.6 Å². The molecule has 0 aromatic heterocycles. The summed E-state index contributed by atoms with van der Waals surface area (Å²) in [5, 5.41) is 11.8. The lowest BCUT2D eigenvalue weighted by Gasteiger charge is -2.35. The first-order chi connectivity index (χ1) is 10.3. The van der Waals surface area contributed by atoms with E-state index in [2.05, 4.69) is 5.32 Å². The zero-order valence-corrected chi connectivity index (χ0v) is 12.5. The van der Waals surface area contributed by atoms with Crippen LogP contribution in [0.3, 0.4) is 0 Å². The summed E-state index contributed by atoms with van der Waals surface area (Å²) < 4.78 is 53.0. The van der Waals surface area contributed by atoms with E-state index < -0.39 is 28.6 Å². The molecule has 0 spiro atoms. The van der Waals surface area contributed by atoms with Gasteiger partial charge in [-0.3, -0.25) is 4.90 Å². The maximum absolute atomic E-state index is 14.3. The normalized spacial score (nSPS) is 18.5. The van der Waals surface area contributed by atoms with Crippen molar-refractivity contribution in [2.24, 2.45) is 0 Å². The number of benzene rings is 1. The van der Waals surface area contributed by atoms with Crippen LogP contribution in [0.15, 0.2) is 12.1 Å². The minimum absolute atomic E-state index is 0.115. The molecule has 1 fully saturated rings. The molecular formula is C14H17ClF4N2O. The standard InChI is InChI=1S/C14H17ClF4N2O/c15-11-8-9(14(17,18)19)7-10(13(11)16)12(1-6-22)21-4-2-20-3-5-21/h7-8,12,20,22H,1-6H2/t12-/m1/s1. The number of nitrogens with zero attached hydrogens (tertiary/aromatic N) is 1. The summed E-state index contributed by atoms with van der Waals surface area (Å²) in [6, 6.07) is 0.754. The fourth-order valence-electron chi connectivity index (χ4n) is 2.67. The fraction of sp³-hybridized carbons (Fsp3) is 0.571. The number of hydrogen-bond donors (Lipinski definition) is 2. The summed E-state index contributed by atoms with van der Waals surface area (Å²) in [5.74, 6) is -0.855. The molecule has 0 amide bonds. The summed E-state index contributed by atoms with van der Waals surface area (Å²) in [4.78, 5) is 1.86. The summed E-state index contributed by atoms with van der Waals surface area (Å²) >= 11 is 5.64. The van der Waals surface area contributed by atoms with Crippen molar-refractivity contribution in [1.82, 2.24) is 10.2 Å². The van der Waals surface area contributed by atoms with E-state index in [4.69, 9.17) is 11.6 Å². The van der Waals surface area contributed by atoms with Gasteiger partial charge in [0.2, 0.25) is 0 Å². The molecule has 1 heterocycles. The van der Waals surface area contributed by atoms with Crippen LogP contribution in [0.25, 0.3) is 0 Å². The molecule has 8 heteroatoms. The average Bonchev–Trinajstić information content (AvgIpc) is 2.47. The molecule has 2 N–H and O–H groups in total. The van der Waals surface area contributed by atoms with Crippen molar-refractivity contribution in [1.29, 1.82) is 0 Å². The predicted octanol–water partition coefficient (Wildman–Crippen LogP) is 2.83. The quantitative estimate of drug-likeness (QED) is 0.827. The van der Waals surface area contributed by atoms with Gasteiger partial charge in [-0.15, -0.1) is 0 Å². The Labute approximate surface area is 130 Å². The smallest absolute Gasteiger partial charge is 0.396 e. The minimum Gasteiger partial charge on any atom is -0.396 e. The Hall–Kier alpha value is -0.890. The van der Waals surface area contributed by atoms with Crippen molar-refractivity contribution in [3.63, 3.8) is 0 Å². The highest BCUT2D eigenvalue weighted by atomic mass is 35.5. The molecule has 1 aromatic carbocycles. The van der Waals surface area contributed by atoms with Crippen molar-refractivity contribution in [3.05, 3.63) is 34.1 Å². The summed E-state index contributed by atoms with van der Waals surface area (Å²) in [5.41, 5.74) is -1.09. The number of aliphatic hydroxyl groups is 1. The molecule has 22 heavy (non-hydrogen) atoms. The predicted molar refractivity (Wildman–Crippen MR) is 75.3 cm³/mol. The molecule has 1 saturated heterocycles. The molecule has 1 aliphatic heterocycles. The third-order valence-electron chi connectivity index (χ3n) is 3.74. The molecule has 0 bridgehead atoms. The summed E-state index contributed by atoms with van der Waals surface area (Å²) in [7, 11) is 0. The number of hydrogen-bond acceptors (Lipinski definition) is 3. The van der Waals surface area contributed by atoms with Gasteiger partial charge in [0.1, 0.15) is 5.82 Å². The Morgan fingerprint density at radius 2 is 1.91 bits per heavy atom. The van der Waals surface area contributed by atoms with Crippen molar-refractivity contribution < 1.29 is 22.7 Å². The topological polar surface area (TPSA) is 35.5 Å². The van der Waals surface area contributed by atoms with Gasteiger partial charge >= 0.3 is 6.18 Å². The van der Waals surface area contributed by atoms with Gasteiger partial charge < -0.3 is 10.4 Å². The highest BCUT2D eigenvalue weighted by Gasteiger charge is 2.34. The van der Waals surface area contributed by atoms with Crippen LogP contribution in [0.5, 0.6) is 0 Å².